The van der Waals surface area contributed by atoms with E-state index in [4.69, 9.17) is 46.4 Å². The fourth-order valence-corrected chi connectivity index (χ4v) is 9.10. The maximum Gasteiger partial charge on any atom is 0.258 e. The Bertz CT molecular complexity index is 3120. The minimum atomic E-state index is -0.819. The molecule has 2 aliphatic rings. The number of hydrogen-bond acceptors (Lipinski definition) is 8. The quantitative estimate of drug-likeness (QED) is 0.116. The second-order valence-corrected chi connectivity index (χ2v) is 16.4. The number of halogens is 4. The van der Waals surface area contributed by atoms with E-state index in [-0.39, 0.29) is 110 Å². The lowest BCUT2D eigenvalue weighted by molar-refractivity contribution is 0.0975. The molecule has 0 heterocycles. The molecule has 0 aliphatic heterocycles. The highest BCUT2D eigenvalue weighted by molar-refractivity contribution is 6.42. The molecule has 4 amide bonds. The number of fused-ring (bicyclic) bond motifs is 4. The molecule has 0 atom stereocenters. The summed E-state index contributed by atoms with van der Waals surface area (Å²) in [6.07, 6.45) is 0. The fourth-order valence-electron chi connectivity index (χ4n) is 7.96. The standard InChI is InChI=1S/C50H26Cl4N4O8/c51-29-15-7-16-30(52)41(29)49(65)57-35-21-5-13-27-39(35)45(61)25-11-3-19-33(37(25)43(27)59)55-47(63)23-9-1-2-10-24(23)48(64)56-34-20-4-12-26-38(34)44(60)28-14-6-22-36(40(28)46(26)62)58-50(66)42-31(53)17-8-18-32(42)54/h1-22H,(H,55,63)(H,56,64)(H,57,65)(H,58,66). The Morgan fingerprint density at radius 3 is 0.818 bits per heavy atom. The molecule has 0 fully saturated rings. The summed E-state index contributed by atoms with van der Waals surface area (Å²) in [4.78, 5) is 111. The van der Waals surface area contributed by atoms with Crippen molar-refractivity contribution in [3.05, 3.63) is 220 Å². The first-order valence-corrected chi connectivity index (χ1v) is 21.2. The SMILES string of the molecule is O=C(Nc1cccc2c1C(=O)c1cccc(NC(=O)c3c(Cl)cccc3Cl)c1C2=O)c1ccccc1C(=O)Nc1cccc2c1C(=O)c1cccc(NC(=O)c3c(Cl)cccc3Cl)c1C2=O. The number of carbonyl (C=O) groups is 8. The summed E-state index contributed by atoms with van der Waals surface area (Å²) >= 11 is 25.0. The zero-order valence-corrected chi connectivity index (χ0v) is 36.5. The Kier molecular flexibility index (Phi) is 11.4. The Morgan fingerprint density at radius 2 is 0.545 bits per heavy atom. The molecule has 7 aromatic rings. The van der Waals surface area contributed by atoms with Gasteiger partial charge in [0.05, 0.1) is 87.3 Å². The summed E-state index contributed by atoms with van der Waals surface area (Å²) in [6, 6.07) is 32.2. The van der Waals surface area contributed by atoms with E-state index in [0.717, 1.165) is 0 Å². The van der Waals surface area contributed by atoms with Crippen molar-refractivity contribution in [1.82, 2.24) is 0 Å². The molecule has 16 heteroatoms. The van der Waals surface area contributed by atoms with Gasteiger partial charge in [0, 0.05) is 22.3 Å². The Labute approximate surface area is 393 Å². The van der Waals surface area contributed by atoms with Crippen LogP contribution in [0.3, 0.4) is 0 Å². The molecule has 322 valence electrons. The van der Waals surface area contributed by atoms with Crippen molar-refractivity contribution in [2.24, 2.45) is 0 Å². The Balaban J connectivity index is 0.972. The maximum absolute atomic E-state index is 14.2. The molecule has 2 aliphatic carbocycles. The van der Waals surface area contributed by atoms with Crippen LogP contribution in [-0.2, 0) is 0 Å². The van der Waals surface area contributed by atoms with Gasteiger partial charge in [-0.25, -0.2) is 0 Å². The third-order valence-electron chi connectivity index (χ3n) is 10.9. The largest absolute Gasteiger partial charge is 0.321 e. The maximum atomic E-state index is 14.2. The van der Waals surface area contributed by atoms with Gasteiger partial charge < -0.3 is 21.3 Å². The van der Waals surface area contributed by atoms with E-state index in [9.17, 15) is 38.4 Å². The average molecular weight is 953 g/mol. The van der Waals surface area contributed by atoms with Crippen LogP contribution in [-0.4, -0.2) is 46.8 Å². The van der Waals surface area contributed by atoms with Gasteiger partial charge in [0.25, 0.3) is 23.6 Å². The predicted octanol–water partition coefficient (Wildman–Crippen LogP) is 10.9. The zero-order chi connectivity index (χ0) is 46.6. The number of anilines is 4. The average Bonchev–Trinajstić information content (AvgIpc) is 3.29. The van der Waals surface area contributed by atoms with Crippen molar-refractivity contribution in [3.8, 4) is 0 Å². The topological polar surface area (TPSA) is 185 Å². The molecule has 0 spiro atoms. The highest BCUT2D eigenvalue weighted by atomic mass is 35.5. The van der Waals surface area contributed by atoms with Crippen LogP contribution in [0.2, 0.25) is 20.1 Å². The first-order valence-electron chi connectivity index (χ1n) is 19.7. The molecule has 66 heavy (non-hydrogen) atoms. The van der Waals surface area contributed by atoms with Crippen molar-refractivity contribution in [2.45, 2.75) is 0 Å². The van der Waals surface area contributed by atoms with Crippen molar-refractivity contribution in [1.29, 1.82) is 0 Å². The molecular weight excluding hydrogens is 926 g/mol. The summed E-state index contributed by atoms with van der Waals surface area (Å²) in [6.45, 7) is 0. The van der Waals surface area contributed by atoms with Gasteiger partial charge in [0.2, 0.25) is 0 Å². The van der Waals surface area contributed by atoms with Crippen molar-refractivity contribution in [2.75, 3.05) is 21.3 Å². The lowest BCUT2D eigenvalue weighted by Crippen LogP contribution is -2.27. The van der Waals surface area contributed by atoms with E-state index in [0.29, 0.717) is 0 Å². The molecule has 0 aromatic heterocycles. The molecule has 0 bridgehead atoms. The number of nitrogens with one attached hydrogen (secondary N) is 4. The minimum Gasteiger partial charge on any atom is -0.321 e. The molecule has 0 unspecified atom stereocenters. The van der Waals surface area contributed by atoms with Crippen LogP contribution in [0.5, 0.6) is 0 Å². The monoisotopic (exact) mass is 950 g/mol. The zero-order valence-electron chi connectivity index (χ0n) is 33.5. The van der Waals surface area contributed by atoms with E-state index in [1.807, 2.05) is 0 Å². The van der Waals surface area contributed by atoms with Crippen molar-refractivity contribution >= 4 is 116 Å². The number of hydrogen-bond donors (Lipinski definition) is 4. The van der Waals surface area contributed by atoms with Gasteiger partial charge in [0.1, 0.15) is 0 Å². The lowest BCUT2D eigenvalue weighted by Gasteiger charge is -2.23. The molecule has 0 saturated carbocycles. The molecule has 7 aromatic carbocycles. The van der Waals surface area contributed by atoms with Crippen LogP contribution in [0, 0.1) is 0 Å². The normalized spacial score (nSPS) is 12.3. The van der Waals surface area contributed by atoms with Crippen LogP contribution in [0.15, 0.2) is 133 Å². The van der Waals surface area contributed by atoms with Crippen molar-refractivity contribution < 1.29 is 38.4 Å². The van der Waals surface area contributed by atoms with Gasteiger partial charge in [-0.3, -0.25) is 38.4 Å². The molecule has 0 radical (unpaired) electrons. The predicted molar refractivity (Wildman–Crippen MR) is 251 cm³/mol. The molecule has 4 N–H and O–H groups in total. The molecule has 12 nitrogen and oxygen atoms in total. The second kappa shape index (κ2) is 17.3. The first-order chi connectivity index (χ1) is 31.7. The highest BCUT2D eigenvalue weighted by Crippen LogP contribution is 2.39. The molecule has 0 saturated heterocycles. The van der Waals surface area contributed by atoms with E-state index in [2.05, 4.69) is 21.3 Å². The number of amides is 4. The van der Waals surface area contributed by atoms with Gasteiger partial charge in [-0.15, -0.1) is 0 Å². The third kappa shape index (κ3) is 7.51. The van der Waals surface area contributed by atoms with Crippen molar-refractivity contribution in [3.63, 3.8) is 0 Å². The number of benzene rings is 7. The van der Waals surface area contributed by atoms with Crippen LogP contribution in [0.4, 0.5) is 22.7 Å². The van der Waals surface area contributed by atoms with Gasteiger partial charge >= 0.3 is 0 Å². The third-order valence-corrected chi connectivity index (χ3v) is 12.2. The number of ketones is 4. The van der Waals surface area contributed by atoms with Gasteiger partial charge in [-0.1, -0.05) is 119 Å². The van der Waals surface area contributed by atoms with E-state index in [1.165, 1.54) is 121 Å². The van der Waals surface area contributed by atoms with Gasteiger partial charge in [-0.05, 0) is 60.7 Å². The summed E-state index contributed by atoms with van der Waals surface area (Å²) in [7, 11) is 0. The molecular formula is C50H26Cl4N4O8. The van der Waals surface area contributed by atoms with E-state index < -0.39 is 46.8 Å². The Morgan fingerprint density at radius 1 is 0.303 bits per heavy atom. The minimum absolute atomic E-state index is 0.0236. The lowest BCUT2D eigenvalue weighted by atomic mass is 9.82. The van der Waals surface area contributed by atoms with E-state index in [1.54, 1.807) is 12.1 Å². The first kappa shape index (κ1) is 43.5. The molecule has 9 rings (SSSR count). The summed E-state index contributed by atoms with van der Waals surface area (Å²) < 4.78 is 0. The van der Waals surface area contributed by atoms with Crippen LogP contribution in [0.25, 0.3) is 0 Å². The van der Waals surface area contributed by atoms with Gasteiger partial charge in [-0.2, -0.15) is 0 Å². The van der Waals surface area contributed by atoms with Gasteiger partial charge in [0.15, 0.2) is 23.1 Å². The number of rotatable bonds is 8. The summed E-state index contributed by atoms with van der Waals surface area (Å²) in [5, 5.41) is 11.0. The van der Waals surface area contributed by atoms with Crippen LogP contribution < -0.4 is 21.3 Å². The summed E-state index contributed by atoms with van der Waals surface area (Å²) in [5.74, 6) is -5.51. The van der Waals surface area contributed by atoms with Crippen LogP contribution in [0.1, 0.15) is 105 Å². The summed E-state index contributed by atoms with van der Waals surface area (Å²) in [5.41, 5.74) is -0.863. The second-order valence-electron chi connectivity index (χ2n) is 14.8. The number of carbonyl (C=O) groups excluding carboxylic acids is 8. The fraction of sp³-hybridized carbons (Fsp3) is 0. The van der Waals surface area contributed by atoms with E-state index >= 15 is 0 Å². The highest BCUT2D eigenvalue weighted by Gasteiger charge is 2.37. The Hall–Kier alpha value is -7.74. The van der Waals surface area contributed by atoms with Crippen LogP contribution >= 0.6 is 46.4 Å². The smallest absolute Gasteiger partial charge is 0.258 e.